The average Bonchev–Trinajstić information content (AvgIpc) is 3.28. The number of benzene rings is 2. The van der Waals surface area contributed by atoms with Crippen molar-refractivity contribution in [2.45, 2.75) is 31.0 Å². The number of amides is 1. The van der Waals surface area contributed by atoms with Gasteiger partial charge in [-0.3, -0.25) is 9.36 Å². The highest BCUT2D eigenvalue weighted by molar-refractivity contribution is 7.99. The highest BCUT2D eigenvalue weighted by atomic mass is 35.5. The van der Waals surface area contributed by atoms with Gasteiger partial charge in [0.05, 0.1) is 23.6 Å². The van der Waals surface area contributed by atoms with E-state index in [0.29, 0.717) is 21.8 Å². The van der Waals surface area contributed by atoms with Crippen molar-refractivity contribution < 1.29 is 9.53 Å². The van der Waals surface area contributed by atoms with Crippen LogP contribution in [0.3, 0.4) is 0 Å². The van der Waals surface area contributed by atoms with Gasteiger partial charge in [0.15, 0.2) is 11.0 Å². The van der Waals surface area contributed by atoms with E-state index < -0.39 is 0 Å². The van der Waals surface area contributed by atoms with Crippen molar-refractivity contribution in [1.82, 2.24) is 25.0 Å². The Bertz CT molecular complexity index is 1080. The number of nitrogens with zero attached hydrogens (tertiary/aromatic N) is 4. The number of nitrogens with one attached hydrogen (secondary N) is 1. The summed E-state index contributed by atoms with van der Waals surface area (Å²) in [5.41, 5.74) is 1.73. The molecule has 1 aliphatic rings. The zero-order chi connectivity index (χ0) is 23.2. The van der Waals surface area contributed by atoms with E-state index in [9.17, 15) is 4.79 Å². The van der Waals surface area contributed by atoms with Gasteiger partial charge in [0.25, 0.3) is 0 Å². The first-order valence-electron chi connectivity index (χ1n) is 11.1. The number of halogens is 1. The van der Waals surface area contributed by atoms with Crippen LogP contribution in [-0.4, -0.2) is 64.1 Å². The summed E-state index contributed by atoms with van der Waals surface area (Å²) in [7, 11) is 1.58. The Balaban J connectivity index is 1.53. The maximum atomic E-state index is 12.7. The second-order valence-corrected chi connectivity index (χ2v) is 9.24. The molecule has 0 spiro atoms. The fraction of sp³-hybridized carbons (Fsp3) is 0.375. The molecular formula is C24H28ClN5O2S. The highest BCUT2D eigenvalue weighted by Gasteiger charge is 2.21. The molecule has 0 unspecified atom stereocenters. The lowest BCUT2D eigenvalue weighted by Gasteiger charge is -2.31. The van der Waals surface area contributed by atoms with E-state index in [4.69, 9.17) is 16.3 Å². The summed E-state index contributed by atoms with van der Waals surface area (Å²) in [6, 6.07) is 15.6. The molecule has 0 bridgehead atoms. The molecule has 7 nitrogen and oxygen atoms in total. The molecule has 174 valence electrons. The third kappa shape index (κ3) is 5.69. The van der Waals surface area contributed by atoms with E-state index >= 15 is 0 Å². The molecular weight excluding hydrogens is 458 g/mol. The number of rotatable bonds is 8. The zero-order valence-corrected chi connectivity index (χ0v) is 20.4. The fourth-order valence-electron chi connectivity index (χ4n) is 3.96. The Labute approximate surface area is 203 Å². The zero-order valence-electron chi connectivity index (χ0n) is 18.8. The van der Waals surface area contributed by atoms with E-state index in [1.807, 2.05) is 53.1 Å². The van der Waals surface area contributed by atoms with E-state index in [1.165, 1.54) is 11.8 Å². The summed E-state index contributed by atoms with van der Waals surface area (Å²) in [5, 5.41) is 13.1. The van der Waals surface area contributed by atoms with Crippen LogP contribution >= 0.6 is 23.4 Å². The smallest absolute Gasteiger partial charge is 0.230 e. The van der Waals surface area contributed by atoms with Crippen molar-refractivity contribution in [3.8, 4) is 22.8 Å². The first-order chi connectivity index (χ1) is 16.1. The summed E-state index contributed by atoms with van der Waals surface area (Å²) in [6.07, 6.45) is 1.98. The van der Waals surface area contributed by atoms with Crippen LogP contribution in [0.4, 0.5) is 0 Å². The number of aromatic nitrogens is 3. The molecule has 4 rings (SSSR count). The Morgan fingerprint density at radius 3 is 2.61 bits per heavy atom. The van der Waals surface area contributed by atoms with E-state index in [1.54, 1.807) is 7.11 Å². The van der Waals surface area contributed by atoms with Gasteiger partial charge < -0.3 is 15.0 Å². The van der Waals surface area contributed by atoms with Crippen LogP contribution < -0.4 is 10.1 Å². The molecule has 0 radical (unpaired) electrons. The van der Waals surface area contributed by atoms with Crippen molar-refractivity contribution in [2.24, 2.45) is 0 Å². The summed E-state index contributed by atoms with van der Waals surface area (Å²) >= 11 is 7.77. The molecule has 1 saturated heterocycles. The first-order valence-corrected chi connectivity index (χ1v) is 12.4. The molecule has 33 heavy (non-hydrogen) atoms. The molecule has 1 aromatic heterocycles. The summed E-state index contributed by atoms with van der Waals surface area (Å²) in [6.45, 7) is 5.29. The van der Waals surface area contributed by atoms with Crippen LogP contribution in [0.25, 0.3) is 17.1 Å². The minimum Gasteiger partial charge on any atom is -0.495 e. The molecule has 1 fully saturated rings. The Morgan fingerprint density at radius 1 is 1.18 bits per heavy atom. The number of carbonyl (C=O) groups is 1. The lowest BCUT2D eigenvalue weighted by Crippen LogP contribution is -2.45. The molecule has 2 heterocycles. The number of likely N-dealkylation sites (tertiary alicyclic amines) is 1. The number of ether oxygens (including phenoxy) is 1. The predicted molar refractivity (Wildman–Crippen MR) is 132 cm³/mol. The van der Waals surface area contributed by atoms with Crippen LogP contribution in [0, 0.1) is 0 Å². The molecule has 2 aromatic carbocycles. The third-order valence-electron chi connectivity index (χ3n) is 5.79. The number of methoxy groups -OCH3 is 1. The largest absolute Gasteiger partial charge is 0.495 e. The summed E-state index contributed by atoms with van der Waals surface area (Å²) < 4.78 is 7.22. The van der Waals surface area contributed by atoms with Gasteiger partial charge in [-0.25, -0.2) is 0 Å². The molecule has 0 aliphatic carbocycles. The number of hydrogen-bond donors (Lipinski definition) is 1. The van der Waals surface area contributed by atoms with Gasteiger partial charge in [0.2, 0.25) is 5.91 Å². The monoisotopic (exact) mass is 485 g/mol. The van der Waals surface area contributed by atoms with Gasteiger partial charge >= 0.3 is 0 Å². The van der Waals surface area contributed by atoms with Crippen molar-refractivity contribution in [3.05, 3.63) is 53.6 Å². The predicted octanol–water partition coefficient (Wildman–Crippen LogP) is 4.29. The fourth-order valence-corrected chi connectivity index (χ4v) is 4.97. The second kappa shape index (κ2) is 11.0. The van der Waals surface area contributed by atoms with Crippen LogP contribution in [-0.2, 0) is 4.79 Å². The Kier molecular flexibility index (Phi) is 7.90. The lowest BCUT2D eigenvalue weighted by atomic mass is 10.1. The molecule has 1 aliphatic heterocycles. The van der Waals surface area contributed by atoms with Crippen molar-refractivity contribution in [3.63, 3.8) is 0 Å². The number of hydrogen-bond acceptors (Lipinski definition) is 6. The average molecular weight is 486 g/mol. The van der Waals surface area contributed by atoms with Crippen LogP contribution in [0.2, 0.25) is 5.02 Å². The summed E-state index contributed by atoms with van der Waals surface area (Å²) in [4.78, 5) is 15.1. The quantitative estimate of drug-likeness (QED) is 0.480. The van der Waals surface area contributed by atoms with Gasteiger partial charge in [-0.2, -0.15) is 0 Å². The molecule has 0 atom stereocenters. The molecule has 1 N–H and O–H groups in total. The Hall–Kier alpha value is -2.55. The van der Waals surface area contributed by atoms with Crippen molar-refractivity contribution in [2.75, 3.05) is 32.5 Å². The third-order valence-corrected chi connectivity index (χ3v) is 7.02. The molecule has 9 heteroatoms. The minimum absolute atomic E-state index is 0.0125. The van der Waals surface area contributed by atoms with Gasteiger partial charge in [0.1, 0.15) is 5.75 Å². The normalized spacial score (nSPS) is 14.9. The van der Waals surface area contributed by atoms with Gasteiger partial charge in [-0.05, 0) is 37.6 Å². The van der Waals surface area contributed by atoms with Gasteiger partial charge in [-0.1, -0.05) is 60.6 Å². The van der Waals surface area contributed by atoms with Gasteiger partial charge in [0, 0.05) is 24.7 Å². The molecule has 0 saturated carbocycles. The SMILES string of the molecule is CCN1CCC(NC(=O)CSc2nnc(-c3ccccc3)n2-c2ccc(OC)c(Cl)c2)CC1. The topological polar surface area (TPSA) is 72.3 Å². The number of thioether (sulfide) groups is 1. The standard InChI is InChI=1S/C24H28ClN5O2S/c1-3-29-13-11-18(12-14-29)26-22(31)16-33-24-28-27-23(17-7-5-4-6-8-17)30(24)19-9-10-21(32-2)20(25)15-19/h4-10,15,18H,3,11-14,16H2,1-2H3,(H,26,31). The van der Waals surface area contributed by atoms with Crippen molar-refractivity contribution >= 4 is 29.3 Å². The van der Waals surface area contributed by atoms with E-state index in [2.05, 4.69) is 27.3 Å². The van der Waals surface area contributed by atoms with Crippen LogP contribution in [0.15, 0.2) is 53.7 Å². The van der Waals surface area contributed by atoms with Crippen LogP contribution in [0.5, 0.6) is 5.75 Å². The number of carbonyl (C=O) groups excluding carboxylic acids is 1. The Morgan fingerprint density at radius 2 is 1.94 bits per heavy atom. The first kappa shape index (κ1) is 23.6. The van der Waals surface area contributed by atoms with E-state index in [-0.39, 0.29) is 17.7 Å². The van der Waals surface area contributed by atoms with Crippen molar-refractivity contribution in [1.29, 1.82) is 0 Å². The minimum atomic E-state index is 0.0125. The maximum absolute atomic E-state index is 12.7. The van der Waals surface area contributed by atoms with Gasteiger partial charge in [-0.15, -0.1) is 10.2 Å². The molecule has 1 amide bonds. The van der Waals surface area contributed by atoms with Crippen LogP contribution in [0.1, 0.15) is 19.8 Å². The summed E-state index contributed by atoms with van der Waals surface area (Å²) in [5.74, 6) is 1.56. The molecule has 3 aromatic rings. The maximum Gasteiger partial charge on any atom is 0.230 e. The number of piperidine rings is 1. The lowest BCUT2D eigenvalue weighted by molar-refractivity contribution is -0.119. The highest BCUT2D eigenvalue weighted by Crippen LogP contribution is 2.32. The van der Waals surface area contributed by atoms with E-state index in [0.717, 1.165) is 43.7 Å². The second-order valence-electron chi connectivity index (χ2n) is 7.89.